The number of hydrogen-bond donors (Lipinski definition) is 0. The van der Waals surface area contributed by atoms with E-state index in [4.69, 9.17) is 4.74 Å². The highest BCUT2D eigenvalue weighted by Gasteiger charge is 2.39. The van der Waals surface area contributed by atoms with E-state index in [1.807, 2.05) is 6.08 Å². The van der Waals surface area contributed by atoms with Gasteiger partial charge >= 0.3 is 5.97 Å². The number of esters is 1. The summed E-state index contributed by atoms with van der Waals surface area (Å²) in [5.74, 6) is 0.0638. The normalized spacial score (nSPS) is 25.6. The first-order valence-corrected chi connectivity index (χ1v) is 5.22. The van der Waals surface area contributed by atoms with Crippen LogP contribution in [0.15, 0.2) is 11.6 Å². The Morgan fingerprint density at radius 3 is 2.60 bits per heavy atom. The number of aldehydes is 1. The summed E-state index contributed by atoms with van der Waals surface area (Å²) in [6.45, 7) is 7.62. The van der Waals surface area contributed by atoms with Crippen molar-refractivity contribution < 1.29 is 14.3 Å². The molecule has 2 atom stereocenters. The van der Waals surface area contributed by atoms with Crippen molar-refractivity contribution >= 4 is 12.3 Å². The van der Waals surface area contributed by atoms with Gasteiger partial charge in [0.05, 0.1) is 0 Å². The van der Waals surface area contributed by atoms with Gasteiger partial charge in [0.15, 0.2) is 12.4 Å². The molecular formula is C12H18O3. The van der Waals surface area contributed by atoms with Crippen LogP contribution in [0.2, 0.25) is 0 Å². The lowest BCUT2D eigenvalue weighted by Gasteiger charge is -2.30. The van der Waals surface area contributed by atoms with Crippen LogP contribution in [0, 0.1) is 11.3 Å². The van der Waals surface area contributed by atoms with E-state index < -0.39 is 12.1 Å². The summed E-state index contributed by atoms with van der Waals surface area (Å²) < 4.78 is 4.99. The van der Waals surface area contributed by atoms with Crippen molar-refractivity contribution in [1.29, 1.82) is 0 Å². The lowest BCUT2D eigenvalue weighted by molar-refractivity contribution is -0.148. The van der Waals surface area contributed by atoms with E-state index in [9.17, 15) is 9.59 Å². The fourth-order valence-corrected chi connectivity index (χ4v) is 1.97. The van der Waals surface area contributed by atoms with Gasteiger partial charge < -0.3 is 4.74 Å². The summed E-state index contributed by atoms with van der Waals surface area (Å²) in [6, 6.07) is 0. The second-order valence-electron chi connectivity index (χ2n) is 4.68. The molecular weight excluding hydrogens is 192 g/mol. The first-order chi connectivity index (χ1) is 6.89. The molecule has 1 rings (SSSR count). The van der Waals surface area contributed by atoms with Gasteiger partial charge in [0, 0.05) is 6.92 Å². The number of hydrogen-bond acceptors (Lipinski definition) is 3. The molecule has 0 heterocycles. The maximum absolute atomic E-state index is 10.9. The maximum Gasteiger partial charge on any atom is 0.303 e. The van der Waals surface area contributed by atoms with Crippen LogP contribution in [0.1, 0.15) is 34.1 Å². The Kier molecular flexibility index (Phi) is 3.32. The first-order valence-electron chi connectivity index (χ1n) is 5.22. The van der Waals surface area contributed by atoms with Crippen molar-refractivity contribution in [2.75, 3.05) is 0 Å². The molecule has 0 spiro atoms. The second-order valence-corrected chi connectivity index (χ2v) is 4.68. The molecule has 1 aliphatic carbocycles. The molecule has 0 aromatic rings. The maximum atomic E-state index is 10.9. The molecule has 0 N–H and O–H groups in total. The zero-order chi connectivity index (χ0) is 11.6. The summed E-state index contributed by atoms with van der Waals surface area (Å²) in [5, 5.41) is 0. The Labute approximate surface area is 90.5 Å². The lowest BCUT2D eigenvalue weighted by atomic mass is 9.76. The van der Waals surface area contributed by atoms with E-state index in [0.717, 1.165) is 12.0 Å². The highest BCUT2D eigenvalue weighted by atomic mass is 16.5. The Morgan fingerprint density at radius 2 is 2.27 bits per heavy atom. The van der Waals surface area contributed by atoms with Gasteiger partial charge in [0.25, 0.3) is 0 Å². The second kappa shape index (κ2) is 4.17. The largest absolute Gasteiger partial charge is 0.450 e. The molecule has 3 heteroatoms. The van der Waals surface area contributed by atoms with Crippen LogP contribution in [0.5, 0.6) is 0 Å². The SMILES string of the molecule is CC(=O)OC(C=O)C1=CC[C@@H](C)C1(C)C. The number of carbonyl (C=O) groups is 2. The van der Waals surface area contributed by atoms with E-state index in [0.29, 0.717) is 12.2 Å². The minimum Gasteiger partial charge on any atom is -0.450 e. The molecule has 3 nitrogen and oxygen atoms in total. The van der Waals surface area contributed by atoms with Gasteiger partial charge in [0.1, 0.15) is 0 Å². The molecule has 1 aliphatic rings. The fourth-order valence-electron chi connectivity index (χ4n) is 1.97. The van der Waals surface area contributed by atoms with Crippen molar-refractivity contribution in [3.05, 3.63) is 11.6 Å². The average molecular weight is 210 g/mol. The van der Waals surface area contributed by atoms with Crippen molar-refractivity contribution in [1.82, 2.24) is 0 Å². The zero-order valence-electron chi connectivity index (χ0n) is 9.74. The lowest BCUT2D eigenvalue weighted by Crippen LogP contribution is -2.30. The average Bonchev–Trinajstić information content (AvgIpc) is 2.38. The van der Waals surface area contributed by atoms with E-state index in [-0.39, 0.29) is 5.41 Å². The molecule has 0 fully saturated rings. The molecule has 0 saturated carbocycles. The molecule has 15 heavy (non-hydrogen) atoms. The Bertz CT molecular complexity index is 302. The summed E-state index contributed by atoms with van der Waals surface area (Å²) in [4.78, 5) is 21.8. The van der Waals surface area contributed by atoms with Crippen LogP contribution >= 0.6 is 0 Å². The van der Waals surface area contributed by atoms with Gasteiger partial charge in [-0.05, 0) is 23.3 Å². The van der Waals surface area contributed by atoms with Gasteiger partial charge in [-0.25, -0.2) is 0 Å². The molecule has 0 aromatic heterocycles. The van der Waals surface area contributed by atoms with Crippen molar-refractivity contribution in [2.24, 2.45) is 11.3 Å². The number of ether oxygens (including phenoxy) is 1. The molecule has 1 unspecified atom stereocenters. The zero-order valence-corrected chi connectivity index (χ0v) is 9.74. The molecule has 0 amide bonds. The minimum atomic E-state index is -0.706. The smallest absolute Gasteiger partial charge is 0.303 e. The van der Waals surface area contributed by atoms with Crippen LogP contribution in [-0.4, -0.2) is 18.4 Å². The number of rotatable bonds is 3. The van der Waals surface area contributed by atoms with E-state index in [1.54, 1.807) is 0 Å². The van der Waals surface area contributed by atoms with Gasteiger partial charge in [-0.2, -0.15) is 0 Å². The molecule has 84 valence electrons. The quantitative estimate of drug-likeness (QED) is 0.407. The molecule has 0 radical (unpaired) electrons. The van der Waals surface area contributed by atoms with Crippen molar-refractivity contribution in [3.63, 3.8) is 0 Å². The third-order valence-corrected chi connectivity index (χ3v) is 3.39. The van der Waals surface area contributed by atoms with Crippen molar-refractivity contribution in [3.8, 4) is 0 Å². The molecule has 0 aliphatic heterocycles. The predicted octanol–water partition coefficient (Wildman–Crippen LogP) is 2.11. The third kappa shape index (κ3) is 2.28. The van der Waals surface area contributed by atoms with Gasteiger partial charge in [-0.1, -0.05) is 26.8 Å². The van der Waals surface area contributed by atoms with E-state index in [1.165, 1.54) is 6.92 Å². The number of carbonyl (C=O) groups excluding carboxylic acids is 2. The Hall–Kier alpha value is -1.12. The Balaban J connectivity index is 2.86. The van der Waals surface area contributed by atoms with Crippen LogP contribution in [0.3, 0.4) is 0 Å². The summed E-state index contributed by atoms with van der Waals surface area (Å²) in [7, 11) is 0. The highest BCUT2D eigenvalue weighted by molar-refractivity contribution is 5.72. The van der Waals surface area contributed by atoms with Crippen LogP contribution in [0.4, 0.5) is 0 Å². The Morgan fingerprint density at radius 1 is 1.67 bits per heavy atom. The molecule has 0 saturated heterocycles. The van der Waals surface area contributed by atoms with Gasteiger partial charge in [0.2, 0.25) is 0 Å². The third-order valence-electron chi connectivity index (χ3n) is 3.39. The molecule has 0 bridgehead atoms. The van der Waals surface area contributed by atoms with Crippen LogP contribution < -0.4 is 0 Å². The predicted molar refractivity (Wildman–Crippen MR) is 57.3 cm³/mol. The summed E-state index contributed by atoms with van der Waals surface area (Å²) in [6.07, 6.45) is 2.95. The number of allylic oxidation sites excluding steroid dienone is 1. The monoisotopic (exact) mass is 210 g/mol. The van der Waals surface area contributed by atoms with Crippen molar-refractivity contribution in [2.45, 2.75) is 40.2 Å². The summed E-state index contributed by atoms with van der Waals surface area (Å²) >= 11 is 0. The van der Waals surface area contributed by atoms with E-state index in [2.05, 4.69) is 20.8 Å². The van der Waals surface area contributed by atoms with Gasteiger partial charge in [-0.15, -0.1) is 0 Å². The highest BCUT2D eigenvalue weighted by Crippen LogP contribution is 2.44. The van der Waals surface area contributed by atoms with Gasteiger partial charge in [-0.3, -0.25) is 9.59 Å². The van der Waals surface area contributed by atoms with E-state index >= 15 is 0 Å². The standard InChI is InChI=1S/C12H18O3/c1-8-5-6-10(12(8,3)4)11(7-13)15-9(2)14/h6-8,11H,5H2,1-4H3/t8-,11?/m1/s1. The fraction of sp³-hybridized carbons (Fsp3) is 0.667. The first kappa shape index (κ1) is 12.0. The minimum absolute atomic E-state index is 0.0684. The summed E-state index contributed by atoms with van der Waals surface area (Å²) in [5.41, 5.74) is 0.862. The topological polar surface area (TPSA) is 43.4 Å². The van der Waals surface area contributed by atoms with Crippen LogP contribution in [0.25, 0.3) is 0 Å². The molecule has 0 aromatic carbocycles. The van der Waals surface area contributed by atoms with Crippen LogP contribution in [-0.2, 0) is 14.3 Å².